The highest BCUT2D eigenvalue weighted by Crippen LogP contribution is 2.16. The van der Waals surface area contributed by atoms with E-state index in [-0.39, 0.29) is 19.2 Å². The highest BCUT2D eigenvalue weighted by atomic mass is 16.3. The Morgan fingerprint density at radius 1 is 1.41 bits per heavy atom. The van der Waals surface area contributed by atoms with Crippen LogP contribution in [0.3, 0.4) is 0 Å². The van der Waals surface area contributed by atoms with Crippen LogP contribution in [0.1, 0.15) is 25.7 Å². The topological polar surface area (TPSA) is 93.4 Å². The Balaban J connectivity index is 2.63. The number of likely N-dealkylation sites (tertiary alicyclic amines) is 1. The van der Waals surface area contributed by atoms with Crippen LogP contribution in [0.2, 0.25) is 0 Å². The van der Waals surface area contributed by atoms with E-state index in [0.717, 1.165) is 19.3 Å². The summed E-state index contributed by atoms with van der Waals surface area (Å²) in [6, 6.07) is 1.46. The lowest BCUT2D eigenvalue weighted by Gasteiger charge is -2.27. The van der Waals surface area contributed by atoms with Crippen LogP contribution in [0.25, 0.3) is 0 Å². The second kappa shape index (κ2) is 6.86. The first kappa shape index (κ1) is 13.5. The van der Waals surface area contributed by atoms with Gasteiger partial charge < -0.3 is 15.3 Å². The summed E-state index contributed by atoms with van der Waals surface area (Å²) in [6.45, 7) is 0.184. The highest BCUT2D eigenvalue weighted by Gasteiger charge is 2.28. The number of hydrogen-bond acceptors (Lipinski definition) is 4. The summed E-state index contributed by atoms with van der Waals surface area (Å²) >= 11 is 0. The maximum absolute atomic E-state index is 11.8. The molecule has 6 nitrogen and oxygen atoms in total. The zero-order chi connectivity index (χ0) is 12.7. The molecule has 0 aromatic heterocycles. The van der Waals surface area contributed by atoms with Crippen molar-refractivity contribution in [2.45, 2.75) is 31.7 Å². The van der Waals surface area contributed by atoms with E-state index in [0.29, 0.717) is 13.0 Å². The first-order chi connectivity index (χ1) is 8.20. The number of rotatable bonds is 2. The molecule has 0 aromatic rings. The molecular formula is C11H17N3O3. The maximum atomic E-state index is 11.8. The second-order valence-corrected chi connectivity index (χ2v) is 4.03. The van der Waals surface area contributed by atoms with E-state index in [1.54, 1.807) is 6.07 Å². The van der Waals surface area contributed by atoms with Gasteiger partial charge in [0.05, 0.1) is 18.7 Å². The summed E-state index contributed by atoms with van der Waals surface area (Å²) in [5.74, 6) is -1.42. The predicted octanol–water partition coefficient (Wildman–Crippen LogP) is -0.610. The normalized spacial score (nSPS) is 20.2. The molecule has 17 heavy (non-hydrogen) atoms. The fourth-order valence-electron chi connectivity index (χ4n) is 1.96. The van der Waals surface area contributed by atoms with Gasteiger partial charge in [0.1, 0.15) is 6.54 Å². The average molecular weight is 239 g/mol. The largest absolute Gasteiger partial charge is 0.394 e. The first-order valence-corrected chi connectivity index (χ1v) is 5.77. The van der Waals surface area contributed by atoms with E-state index >= 15 is 0 Å². The van der Waals surface area contributed by atoms with Crippen molar-refractivity contribution in [3.8, 4) is 6.07 Å². The van der Waals surface area contributed by atoms with Gasteiger partial charge in [-0.1, -0.05) is 12.8 Å². The Bertz CT molecular complexity index is 324. The van der Waals surface area contributed by atoms with Crippen molar-refractivity contribution < 1.29 is 14.7 Å². The van der Waals surface area contributed by atoms with Crippen molar-refractivity contribution in [3.05, 3.63) is 0 Å². The number of aliphatic hydroxyl groups is 1. The van der Waals surface area contributed by atoms with Gasteiger partial charge >= 0.3 is 11.8 Å². The van der Waals surface area contributed by atoms with Gasteiger partial charge in [-0.25, -0.2) is 0 Å². The molecule has 2 amide bonds. The SMILES string of the molecule is N#CCNC(=O)C(=O)N1CCCCCC1CO. The Labute approximate surface area is 100 Å². The maximum Gasteiger partial charge on any atom is 0.312 e. The summed E-state index contributed by atoms with van der Waals surface area (Å²) < 4.78 is 0. The fourth-order valence-corrected chi connectivity index (χ4v) is 1.96. The van der Waals surface area contributed by atoms with Crippen LogP contribution in [-0.4, -0.2) is 47.6 Å². The second-order valence-electron chi connectivity index (χ2n) is 4.03. The van der Waals surface area contributed by atoms with Crippen molar-refractivity contribution >= 4 is 11.8 Å². The molecule has 0 saturated carbocycles. The zero-order valence-electron chi connectivity index (χ0n) is 9.69. The molecule has 94 valence electrons. The van der Waals surface area contributed by atoms with Gasteiger partial charge in [0.2, 0.25) is 0 Å². The third kappa shape index (κ3) is 3.71. The van der Waals surface area contributed by atoms with Crippen molar-refractivity contribution in [1.29, 1.82) is 5.26 Å². The van der Waals surface area contributed by atoms with Gasteiger partial charge in [-0.05, 0) is 12.8 Å². The van der Waals surface area contributed by atoms with E-state index in [4.69, 9.17) is 5.26 Å². The molecule has 1 heterocycles. The van der Waals surface area contributed by atoms with E-state index in [1.807, 2.05) is 0 Å². The molecule has 1 unspecified atom stereocenters. The number of carbonyl (C=O) groups is 2. The molecule has 1 atom stereocenters. The number of hydrogen-bond donors (Lipinski definition) is 2. The van der Waals surface area contributed by atoms with E-state index in [9.17, 15) is 14.7 Å². The standard InChI is InChI=1S/C11H17N3O3/c12-5-6-13-10(16)11(17)14-7-3-1-2-4-9(14)8-15/h9,15H,1-4,6-8H2,(H,13,16). The number of nitrogens with one attached hydrogen (secondary N) is 1. The lowest BCUT2D eigenvalue weighted by Crippen LogP contribution is -2.49. The minimum absolute atomic E-state index is 0.128. The quantitative estimate of drug-likeness (QED) is 0.496. The smallest absolute Gasteiger partial charge is 0.312 e. The van der Waals surface area contributed by atoms with Crippen LogP contribution in [0.5, 0.6) is 0 Å². The molecule has 0 radical (unpaired) electrons. The van der Waals surface area contributed by atoms with Crippen LogP contribution in [0.15, 0.2) is 0 Å². The number of carbonyl (C=O) groups excluding carboxylic acids is 2. The minimum Gasteiger partial charge on any atom is -0.394 e. The van der Waals surface area contributed by atoms with Crippen LogP contribution in [-0.2, 0) is 9.59 Å². The predicted molar refractivity (Wildman–Crippen MR) is 59.7 cm³/mol. The zero-order valence-corrected chi connectivity index (χ0v) is 9.69. The summed E-state index contributed by atoms with van der Waals surface area (Å²) in [6.07, 6.45) is 3.51. The number of aliphatic hydroxyl groups excluding tert-OH is 1. The van der Waals surface area contributed by atoms with Crippen LogP contribution >= 0.6 is 0 Å². The first-order valence-electron chi connectivity index (χ1n) is 5.77. The molecular weight excluding hydrogens is 222 g/mol. The Morgan fingerprint density at radius 3 is 2.82 bits per heavy atom. The van der Waals surface area contributed by atoms with Gasteiger partial charge in [-0.2, -0.15) is 5.26 Å². The summed E-state index contributed by atoms with van der Waals surface area (Å²) in [4.78, 5) is 24.7. The third-order valence-corrected chi connectivity index (χ3v) is 2.87. The average Bonchev–Trinajstić information content (AvgIpc) is 2.59. The molecule has 1 aliphatic rings. The molecule has 0 aliphatic carbocycles. The number of amides is 2. The van der Waals surface area contributed by atoms with E-state index in [2.05, 4.69) is 5.32 Å². The molecule has 0 bridgehead atoms. The molecule has 0 spiro atoms. The van der Waals surface area contributed by atoms with Crippen molar-refractivity contribution in [3.63, 3.8) is 0 Å². The van der Waals surface area contributed by atoms with Crippen LogP contribution < -0.4 is 5.32 Å². The molecule has 2 N–H and O–H groups in total. The summed E-state index contributed by atoms with van der Waals surface area (Å²) in [7, 11) is 0. The number of nitrogens with zero attached hydrogens (tertiary/aromatic N) is 2. The van der Waals surface area contributed by atoms with Gasteiger partial charge in [0, 0.05) is 6.54 Å². The minimum atomic E-state index is -0.771. The van der Waals surface area contributed by atoms with Crippen molar-refractivity contribution in [2.24, 2.45) is 0 Å². The van der Waals surface area contributed by atoms with Crippen molar-refractivity contribution in [1.82, 2.24) is 10.2 Å². The summed E-state index contributed by atoms with van der Waals surface area (Å²) in [5.41, 5.74) is 0. The van der Waals surface area contributed by atoms with Gasteiger partial charge in [0.25, 0.3) is 0 Å². The molecule has 1 rings (SSSR count). The van der Waals surface area contributed by atoms with Gasteiger partial charge in [0.15, 0.2) is 0 Å². The van der Waals surface area contributed by atoms with Gasteiger partial charge in [-0.15, -0.1) is 0 Å². The monoisotopic (exact) mass is 239 g/mol. The van der Waals surface area contributed by atoms with E-state index < -0.39 is 11.8 Å². The van der Waals surface area contributed by atoms with E-state index in [1.165, 1.54) is 4.90 Å². The lowest BCUT2D eigenvalue weighted by atomic mass is 10.1. The van der Waals surface area contributed by atoms with Crippen molar-refractivity contribution in [2.75, 3.05) is 19.7 Å². The molecule has 0 aromatic carbocycles. The third-order valence-electron chi connectivity index (χ3n) is 2.87. The Kier molecular flexibility index (Phi) is 5.43. The molecule has 1 fully saturated rings. The number of nitriles is 1. The van der Waals surface area contributed by atoms with Gasteiger partial charge in [-0.3, -0.25) is 9.59 Å². The van der Waals surface area contributed by atoms with Crippen LogP contribution in [0, 0.1) is 11.3 Å². The van der Waals surface area contributed by atoms with Crippen LogP contribution in [0.4, 0.5) is 0 Å². The molecule has 1 aliphatic heterocycles. The fraction of sp³-hybridized carbons (Fsp3) is 0.727. The Morgan fingerprint density at radius 2 is 2.18 bits per heavy atom. The molecule has 6 heteroatoms. The summed E-state index contributed by atoms with van der Waals surface area (Å²) in [5, 5.41) is 19.8. The highest BCUT2D eigenvalue weighted by molar-refractivity contribution is 6.35. The Hall–Kier alpha value is -1.61. The molecule has 1 saturated heterocycles. The lowest BCUT2D eigenvalue weighted by molar-refractivity contribution is -0.147.